The average molecular weight is 246 g/mol. The SMILES string of the molecule is CCOC(=O)NC(C)CC(C)NC(=O)OCC. The van der Waals surface area contributed by atoms with Gasteiger partial charge in [-0.05, 0) is 34.1 Å². The summed E-state index contributed by atoms with van der Waals surface area (Å²) in [5.41, 5.74) is 0. The molecule has 6 heteroatoms. The van der Waals surface area contributed by atoms with Gasteiger partial charge in [-0.3, -0.25) is 0 Å². The number of hydrogen-bond donors (Lipinski definition) is 2. The van der Waals surface area contributed by atoms with Gasteiger partial charge in [-0.1, -0.05) is 0 Å². The Morgan fingerprint density at radius 2 is 1.29 bits per heavy atom. The first kappa shape index (κ1) is 15.5. The quantitative estimate of drug-likeness (QED) is 0.747. The van der Waals surface area contributed by atoms with E-state index in [1.807, 2.05) is 13.8 Å². The summed E-state index contributed by atoms with van der Waals surface area (Å²) in [5.74, 6) is 0. The predicted octanol–water partition coefficient (Wildman–Crippen LogP) is 1.65. The van der Waals surface area contributed by atoms with Crippen molar-refractivity contribution in [3.05, 3.63) is 0 Å². The highest BCUT2D eigenvalue weighted by atomic mass is 16.6. The molecule has 6 nitrogen and oxygen atoms in total. The summed E-state index contributed by atoms with van der Waals surface area (Å²) in [4.78, 5) is 22.2. The zero-order chi connectivity index (χ0) is 13.3. The van der Waals surface area contributed by atoms with Crippen molar-refractivity contribution < 1.29 is 19.1 Å². The fourth-order valence-corrected chi connectivity index (χ4v) is 1.40. The second-order valence-corrected chi connectivity index (χ2v) is 3.77. The van der Waals surface area contributed by atoms with E-state index in [1.165, 1.54) is 0 Å². The maximum atomic E-state index is 11.1. The molecule has 2 unspecified atom stereocenters. The Morgan fingerprint density at radius 1 is 0.941 bits per heavy atom. The largest absolute Gasteiger partial charge is 0.450 e. The molecule has 0 saturated carbocycles. The van der Waals surface area contributed by atoms with Crippen molar-refractivity contribution in [2.45, 2.75) is 46.2 Å². The average Bonchev–Trinajstić information content (AvgIpc) is 2.16. The van der Waals surface area contributed by atoms with Crippen molar-refractivity contribution in [2.24, 2.45) is 0 Å². The molecule has 2 amide bonds. The Morgan fingerprint density at radius 3 is 1.59 bits per heavy atom. The molecule has 0 radical (unpaired) electrons. The van der Waals surface area contributed by atoms with Crippen molar-refractivity contribution in [1.29, 1.82) is 0 Å². The number of ether oxygens (including phenoxy) is 2. The molecule has 2 atom stereocenters. The third kappa shape index (κ3) is 8.36. The molecule has 0 aromatic carbocycles. The van der Waals surface area contributed by atoms with Crippen molar-refractivity contribution in [3.63, 3.8) is 0 Å². The molecule has 0 spiro atoms. The highest BCUT2D eigenvalue weighted by molar-refractivity contribution is 5.68. The molecule has 0 aliphatic carbocycles. The smallest absolute Gasteiger partial charge is 0.407 e. The van der Waals surface area contributed by atoms with E-state index in [0.29, 0.717) is 19.6 Å². The standard InChI is InChI=1S/C11H22N2O4/c1-5-16-10(14)12-8(3)7-9(4)13-11(15)17-6-2/h8-9H,5-7H2,1-4H3,(H,12,14)(H,13,15). The zero-order valence-corrected chi connectivity index (χ0v) is 10.9. The van der Waals surface area contributed by atoms with E-state index in [2.05, 4.69) is 10.6 Å². The third-order valence-corrected chi connectivity index (χ3v) is 1.99. The maximum absolute atomic E-state index is 11.1. The van der Waals surface area contributed by atoms with E-state index >= 15 is 0 Å². The topological polar surface area (TPSA) is 76.7 Å². The highest BCUT2D eigenvalue weighted by Crippen LogP contribution is 1.98. The molecular weight excluding hydrogens is 224 g/mol. The van der Waals surface area contributed by atoms with Crippen LogP contribution in [-0.2, 0) is 9.47 Å². The Balaban J connectivity index is 3.82. The fourth-order valence-electron chi connectivity index (χ4n) is 1.40. The lowest BCUT2D eigenvalue weighted by atomic mass is 10.1. The summed E-state index contributed by atoms with van der Waals surface area (Å²) < 4.78 is 9.50. The van der Waals surface area contributed by atoms with Gasteiger partial charge in [0, 0.05) is 12.1 Å². The number of alkyl carbamates (subject to hydrolysis) is 2. The molecule has 0 aromatic heterocycles. The number of rotatable bonds is 6. The summed E-state index contributed by atoms with van der Waals surface area (Å²) in [7, 11) is 0. The van der Waals surface area contributed by atoms with Crippen molar-refractivity contribution in [3.8, 4) is 0 Å². The summed E-state index contributed by atoms with van der Waals surface area (Å²) in [6, 6.07) is -0.156. The van der Waals surface area contributed by atoms with Gasteiger partial charge < -0.3 is 20.1 Å². The molecule has 100 valence electrons. The minimum Gasteiger partial charge on any atom is -0.450 e. The van der Waals surface area contributed by atoms with Crippen LogP contribution in [-0.4, -0.2) is 37.5 Å². The lowest BCUT2D eigenvalue weighted by molar-refractivity contribution is 0.144. The van der Waals surface area contributed by atoms with Crippen LogP contribution >= 0.6 is 0 Å². The van der Waals surface area contributed by atoms with Crippen molar-refractivity contribution >= 4 is 12.2 Å². The Bertz CT molecular complexity index is 222. The van der Waals surface area contributed by atoms with E-state index in [9.17, 15) is 9.59 Å². The van der Waals surface area contributed by atoms with Crippen molar-refractivity contribution in [2.75, 3.05) is 13.2 Å². The lowest BCUT2D eigenvalue weighted by Gasteiger charge is -2.19. The van der Waals surface area contributed by atoms with Crippen LogP contribution in [0.1, 0.15) is 34.1 Å². The molecular formula is C11H22N2O4. The van der Waals surface area contributed by atoms with Crippen LogP contribution in [0.4, 0.5) is 9.59 Å². The second kappa shape index (κ2) is 8.66. The minimum atomic E-state index is -0.441. The molecule has 0 fully saturated rings. The zero-order valence-electron chi connectivity index (χ0n) is 10.9. The number of carbonyl (C=O) groups excluding carboxylic acids is 2. The van der Waals surface area contributed by atoms with Crippen LogP contribution in [0.2, 0.25) is 0 Å². The molecule has 0 aromatic rings. The van der Waals surface area contributed by atoms with Crippen LogP contribution in [0, 0.1) is 0 Å². The second-order valence-electron chi connectivity index (χ2n) is 3.77. The molecule has 0 aliphatic heterocycles. The minimum absolute atomic E-state index is 0.0778. The first-order valence-electron chi connectivity index (χ1n) is 5.86. The third-order valence-electron chi connectivity index (χ3n) is 1.99. The number of amides is 2. The Hall–Kier alpha value is -1.46. The first-order valence-corrected chi connectivity index (χ1v) is 5.86. The summed E-state index contributed by atoms with van der Waals surface area (Å²) in [6.07, 6.45) is -0.274. The van der Waals surface area contributed by atoms with Gasteiger partial charge in [0.1, 0.15) is 0 Å². The summed E-state index contributed by atoms with van der Waals surface area (Å²) >= 11 is 0. The van der Waals surface area contributed by atoms with Gasteiger partial charge >= 0.3 is 12.2 Å². The van der Waals surface area contributed by atoms with Crippen LogP contribution in [0.25, 0.3) is 0 Å². The van der Waals surface area contributed by atoms with Gasteiger partial charge in [0.05, 0.1) is 13.2 Å². The summed E-state index contributed by atoms with van der Waals surface area (Å²) in [5, 5.41) is 5.33. The van der Waals surface area contributed by atoms with E-state index in [1.54, 1.807) is 13.8 Å². The van der Waals surface area contributed by atoms with Crippen LogP contribution in [0.5, 0.6) is 0 Å². The predicted molar refractivity (Wildman–Crippen MR) is 63.9 cm³/mol. The highest BCUT2D eigenvalue weighted by Gasteiger charge is 2.13. The van der Waals surface area contributed by atoms with Gasteiger partial charge in [0.25, 0.3) is 0 Å². The van der Waals surface area contributed by atoms with Crippen LogP contribution < -0.4 is 10.6 Å². The summed E-state index contributed by atoms with van der Waals surface area (Å²) in [6.45, 7) is 7.87. The van der Waals surface area contributed by atoms with E-state index in [0.717, 1.165) is 0 Å². The molecule has 17 heavy (non-hydrogen) atoms. The fraction of sp³-hybridized carbons (Fsp3) is 0.818. The Kier molecular flexibility index (Phi) is 7.92. The van der Waals surface area contributed by atoms with Gasteiger partial charge in [-0.2, -0.15) is 0 Å². The number of nitrogens with one attached hydrogen (secondary N) is 2. The van der Waals surface area contributed by atoms with Crippen LogP contribution in [0.15, 0.2) is 0 Å². The van der Waals surface area contributed by atoms with E-state index < -0.39 is 12.2 Å². The van der Waals surface area contributed by atoms with Gasteiger partial charge in [0.15, 0.2) is 0 Å². The van der Waals surface area contributed by atoms with E-state index in [4.69, 9.17) is 9.47 Å². The molecule has 0 rings (SSSR count). The molecule has 0 heterocycles. The maximum Gasteiger partial charge on any atom is 0.407 e. The van der Waals surface area contributed by atoms with Gasteiger partial charge in [-0.25, -0.2) is 9.59 Å². The number of hydrogen-bond acceptors (Lipinski definition) is 4. The Labute approximate surface area is 102 Å². The van der Waals surface area contributed by atoms with E-state index in [-0.39, 0.29) is 12.1 Å². The molecule has 0 saturated heterocycles. The van der Waals surface area contributed by atoms with Crippen LogP contribution in [0.3, 0.4) is 0 Å². The van der Waals surface area contributed by atoms with Gasteiger partial charge in [-0.15, -0.1) is 0 Å². The normalized spacial score (nSPS) is 13.4. The van der Waals surface area contributed by atoms with Crippen molar-refractivity contribution in [1.82, 2.24) is 10.6 Å². The van der Waals surface area contributed by atoms with Gasteiger partial charge in [0.2, 0.25) is 0 Å². The first-order chi connectivity index (χ1) is 7.99. The molecule has 0 aliphatic rings. The lowest BCUT2D eigenvalue weighted by Crippen LogP contribution is -2.40. The monoisotopic (exact) mass is 246 g/mol. The molecule has 0 bridgehead atoms. The molecule has 2 N–H and O–H groups in total. The number of carbonyl (C=O) groups is 2.